The van der Waals surface area contributed by atoms with Crippen molar-refractivity contribution >= 4 is 44.5 Å². The van der Waals surface area contributed by atoms with Crippen molar-refractivity contribution in [3.63, 3.8) is 0 Å². The smallest absolute Gasteiger partial charge is 0.419 e. The molecule has 0 saturated carbocycles. The quantitative estimate of drug-likeness (QED) is 0.459. The van der Waals surface area contributed by atoms with E-state index >= 15 is 0 Å². The SMILES string of the molecule is CCOc1ccccc1NC(=O)[C@H](CCSC)NS(=O)(=O)c1ccc2c(c1)oc(=O)n2C. The highest BCUT2D eigenvalue weighted by atomic mass is 32.2. The van der Waals surface area contributed by atoms with Gasteiger partial charge in [0.05, 0.1) is 22.7 Å². The molecule has 0 bridgehead atoms. The molecule has 1 amide bonds. The molecule has 11 heteroatoms. The fraction of sp³-hybridized carbons (Fsp3) is 0.333. The Bertz CT molecular complexity index is 1270. The molecule has 1 heterocycles. The van der Waals surface area contributed by atoms with Crippen LogP contribution in [0.3, 0.4) is 0 Å². The number of para-hydroxylation sites is 2. The number of nitrogens with zero attached hydrogens (tertiary/aromatic N) is 1. The predicted molar refractivity (Wildman–Crippen MR) is 125 cm³/mol. The molecule has 172 valence electrons. The number of sulfonamides is 1. The van der Waals surface area contributed by atoms with Crippen LogP contribution in [0.4, 0.5) is 5.69 Å². The van der Waals surface area contributed by atoms with E-state index in [-0.39, 0.29) is 16.9 Å². The Balaban J connectivity index is 1.85. The van der Waals surface area contributed by atoms with E-state index in [0.717, 1.165) is 0 Å². The predicted octanol–water partition coefficient (Wildman–Crippen LogP) is 2.57. The lowest BCUT2D eigenvalue weighted by atomic mass is 10.2. The van der Waals surface area contributed by atoms with Gasteiger partial charge in [0.15, 0.2) is 5.58 Å². The lowest BCUT2D eigenvalue weighted by Crippen LogP contribution is -2.44. The van der Waals surface area contributed by atoms with Gasteiger partial charge in [-0.15, -0.1) is 0 Å². The summed E-state index contributed by atoms with van der Waals surface area (Å²) >= 11 is 1.50. The number of benzene rings is 2. The number of hydrogen-bond donors (Lipinski definition) is 2. The van der Waals surface area contributed by atoms with Crippen molar-refractivity contribution in [2.75, 3.05) is 23.9 Å². The molecule has 0 aliphatic rings. The van der Waals surface area contributed by atoms with Crippen LogP contribution in [0.5, 0.6) is 5.75 Å². The molecule has 2 aromatic carbocycles. The largest absolute Gasteiger partial charge is 0.492 e. The summed E-state index contributed by atoms with van der Waals surface area (Å²) in [5.74, 6) is -0.0190. The second-order valence-corrected chi connectivity index (χ2v) is 9.63. The topological polar surface area (TPSA) is 120 Å². The molecular formula is C21H25N3O6S2. The van der Waals surface area contributed by atoms with Gasteiger partial charge in [-0.1, -0.05) is 12.1 Å². The number of nitrogens with one attached hydrogen (secondary N) is 2. The highest BCUT2D eigenvalue weighted by molar-refractivity contribution is 7.98. The van der Waals surface area contributed by atoms with E-state index < -0.39 is 27.7 Å². The number of thioether (sulfide) groups is 1. The number of aromatic nitrogens is 1. The normalized spacial score (nSPS) is 12.6. The number of oxazole rings is 1. The summed E-state index contributed by atoms with van der Waals surface area (Å²) in [6.45, 7) is 2.26. The number of hydrogen-bond acceptors (Lipinski definition) is 7. The summed E-state index contributed by atoms with van der Waals surface area (Å²) in [6.07, 6.45) is 2.16. The highest BCUT2D eigenvalue weighted by Gasteiger charge is 2.27. The monoisotopic (exact) mass is 479 g/mol. The number of amides is 1. The maximum Gasteiger partial charge on any atom is 0.419 e. The molecule has 0 saturated heterocycles. The molecule has 0 spiro atoms. The summed E-state index contributed by atoms with van der Waals surface area (Å²) in [6, 6.07) is 10.1. The number of aryl methyl sites for hydroxylation is 1. The van der Waals surface area contributed by atoms with Gasteiger partial charge in [-0.3, -0.25) is 9.36 Å². The van der Waals surface area contributed by atoms with Crippen molar-refractivity contribution in [2.24, 2.45) is 7.05 Å². The lowest BCUT2D eigenvalue weighted by Gasteiger charge is -2.19. The zero-order chi connectivity index (χ0) is 23.3. The van der Waals surface area contributed by atoms with Crippen LogP contribution in [0.25, 0.3) is 11.1 Å². The van der Waals surface area contributed by atoms with E-state index in [4.69, 9.17) is 9.15 Å². The first-order chi connectivity index (χ1) is 15.3. The Morgan fingerprint density at radius 3 is 2.72 bits per heavy atom. The van der Waals surface area contributed by atoms with E-state index in [2.05, 4.69) is 10.0 Å². The number of ether oxygens (including phenoxy) is 1. The van der Waals surface area contributed by atoms with Crippen LogP contribution in [0.15, 0.2) is 56.6 Å². The Kier molecular flexibility index (Phi) is 7.64. The van der Waals surface area contributed by atoms with E-state index in [1.165, 1.54) is 41.6 Å². The maximum absolute atomic E-state index is 13.0. The minimum Gasteiger partial charge on any atom is -0.492 e. The molecule has 1 atom stereocenters. The first-order valence-corrected chi connectivity index (χ1v) is 12.8. The molecule has 0 aliphatic heterocycles. The van der Waals surface area contributed by atoms with Gasteiger partial charge in [0, 0.05) is 13.1 Å². The third kappa shape index (κ3) is 5.34. The summed E-state index contributed by atoms with van der Waals surface area (Å²) in [5, 5.41) is 2.76. The molecule has 1 aromatic heterocycles. The molecule has 9 nitrogen and oxygen atoms in total. The Morgan fingerprint density at radius 1 is 1.25 bits per heavy atom. The van der Waals surface area contributed by atoms with Crippen molar-refractivity contribution in [3.8, 4) is 5.75 Å². The van der Waals surface area contributed by atoms with Gasteiger partial charge >= 0.3 is 5.76 Å². The Labute approximate surface area is 190 Å². The standard InChI is InChI=1S/C21H25N3O6S2/c1-4-29-18-8-6-5-7-15(18)22-20(25)16(11-12-31-3)23-32(27,28)14-9-10-17-19(13-14)30-21(26)24(17)2/h5-10,13,16,23H,4,11-12H2,1-3H3,(H,22,25)/t16-/m0/s1. The van der Waals surface area contributed by atoms with Crippen LogP contribution >= 0.6 is 11.8 Å². The molecule has 0 fully saturated rings. The molecule has 2 N–H and O–H groups in total. The van der Waals surface area contributed by atoms with Gasteiger partial charge in [-0.2, -0.15) is 16.5 Å². The fourth-order valence-corrected chi connectivity index (χ4v) is 4.80. The Morgan fingerprint density at radius 2 is 2.00 bits per heavy atom. The number of anilines is 1. The van der Waals surface area contributed by atoms with Gasteiger partial charge < -0.3 is 14.5 Å². The van der Waals surface area contributed by atoms with Crippen LogP contribution in [-0.4, -0.2) is 43.5 Å². The summed E-state index contributed by atoms with van der Waals surface area (Å²) < 4.78 is 40.4. The second-order valence-electron chi connectivity index (χ2n) is 6.93. The molecular weight excluding hydrogens is 454 g/mol. The van der Waals surface area contributed by atoms with Crippen LogP contribution in [0, 0.1) is 0 Å². The van der Waals surface area contributed by atoms with E-state index in [1.54, 1.807) is 24.3 Å². The number of rotatable bonds is 10. The third-order valence-corrected chi connectivity index (χ3v) is 6.86. The first-order valence-electron chi connectivity index (χ1n) is 9.90. The van der Waals surface area contributed by atoms with Crippen molar-refractivity contribution in [3.05, 3.63) is 53.0 Å². The van der Waals surface area contributed by atoms with E-state index in [0.29, 0.717) is 29.3 Å². The molecule has 3 aromatic rings. The molecule has 0 aliphatic carbocycles. The Hall–Kier alpha value is -2.76. The van der Waals surface area contributed by atoms with E-state index in [9.17, 15) is 18.0 Å². The van der Waals surface area contributed by atoms with Crippen LogP contribution in [-0.2, 0) is 21.9 Å². The zero-order valence-corrected chi connectivity index (χ0v) is 19.6. The molecule has 0 unspecified atom stereocenters. The van der Waals surface area contributed by atoms with Crippen molar-refractivity contribution < 1.29 is 22.4 Å². The molecule has 3 rings (SSSR count). The van der Waals surface area contributed by atoms with Gasteiger partial charge in [-0.05, 0) is 49.6 Å². The summed E-state index contributed by atoms with van der Waals surface area (Å²) in [7, 11) is -2.53. The lowest BCUT2D eigenvalue weighted by molar-refractivity contribution is -0.117. The van der Waals surface area contributed by atoms with Gasteiger partial charge in [-0.25, -0.2) is 13.2 Å². The number of carbonyl (C=O) groups is 1. The highest BCUT2D eigenvalue weighted by Crippen LogP contribution is 2.24. The van der Waals surface area contributed by atoms with E-state index in [1.807, 2.05) is 13.2 Å². The number of carbonyl (C=O) groups excluding carboxylic acids is 1. The van der Waals surface area contributed by atoms with Crippen molar-refractivity contribution in [2.45, 2.75) is 24.3 Å². The van der Waals surface area contributed by atoms with Crippen molar-refractivity contribution in [1.29, 1.82) is 0 Å². The van der Waals surface area contributed by atoms with Gasteiger partial charge in [0.1, 0.15) is 11.8 Å². The van der Waals surface area contributed by atoms with Gasteiger partial charge in [0.2, 0.25) is 15.9 Å². The third-order valence-electron chi connectivity index (χ3n) is 4.74. The summed E-state index contributed by atoms with van der Waals surface area (Å²) in [5.41, 5.74) is 1.08. The second kappa shape index (κ2) is 10.2. The number of fused-ring (bicyclic) bond motifs is 1. The summed E-state index contributed by atoms with van der Waals surface area (Å²) in [4.78, 5) is 24.6. The first kappa shape index (κ1) is 23.9. The minimum atomic E-state index is -4.07. The van der Waals surface area contributed by atoms with Crippen LogP contribution in [0.1, 0.15) is 13.3 Å². The van der Waals surface area contributed by atoms with Crippen LogP contribution < -0.4 is 20.5 Å². The average Bonchev–Trinajstić information content (AvgIpc) is 3.05. The molecule has 0 radical (unpaired) electrons. The van der Waals surface area contributed by atoms with Gasteiger partial charge in [0.25, 0.3) is 0 Å². The minimum absolute atomic E-state index is 0.101. The molecule has 32 heavy (non-hydrogen) atoms. The fourth-order valence-electron chi connectivity index (χ4n) is 3.09. The maximum atomic E-state index is 13.0. The average molecular weight is 480 g/mol. The zero-order valence-electron chi connectivity index (χ0n) is 18.0. The van der Waals surface area contributed by atoms with Crippen LogP contribution in [0.2, 0.25) is 0 Å². The van der Waals surface area contributed by atoms with Crippen molar-refractivity contribution in [1.82, 2.24) is 9.29 Å².